The van der Waals surface area contributed by atoms with E-state index in [9.17, 15) is 4.79 Å². The molecule has 4 saturated carbocycles. The minimum absolute atomic E-state index is 0.265. The van der Waals surface area contributed by atoms with E-state index < -0.39 is 0 Å². The zero-order chi connectivity index (χ0) is 22.6. The number of ether oxygens (including phenoxy) is 2. The van der Waals surface area contributed by atoms with Crippen LogP contribution in [0.4, 0.5) is 0 Å². The summed E-state index contributed by atoms with van der Waals surface area (Å²) < 4.78 is 11.1. The first-order valence-electron chi connectivity index (χ1n) is 12.5. The van der Waals surface area contributed by atoms with Crippen LogP contribution in [-0.2, 0) is 10.2 Å². The van der Waals surface area contributed by atoms with Gasteiger partial charge in [-0.3, -0.25) is 0 Å². The lowest BCUT2D eigenvalue weighted by atomic mass is 9.48. The molecule has 0 unspecified atom stereocenters. The summed E-state index contributed by atoms with van der Waals surface area (Å²) in [4.78, 5) is 12.1. The van der Waals surface area contributed by atoms with Crippen molar-refractivity contribution in [3.8, 4) is 16.9 Å². The minimum Gasteiger partial charge on any atom is -0.496 e. The van der Waals surface area contributed by atoms with E-state index in [0.717, 1.165) is 34.3 Å². The Kier molecular flexibility index (Phi) is 4.97. The molecule has 0 aromatic heterocycles. The van der Waals surface area contributed by atoms with Crippen molar-refractivity contribution in [2.24, 2.45) is 17.8 Å². The summed E-state index contributed by atoms with van der Waals surface area (Å²) in [6.45, 7) is 2.22. The fourth-order valence-electron chi connectivity index (χ4n) is 7.51. The lowest BCUT2D eigenvalue weighted by Crippen LogP contribution is -2.48. The highest BCUT2D eigenvalue weighted by Crippen LogP contribution is 2.62. The van der Waals surface area contributed by atoms with Crippen molar-refractivity contribution < 1.29 is 14.3 Å². The Hall–Kier alpha value is -2.81. The van der Waals surface area contributed by atoms with Gasteiger partial charge in [0.15, 0.2) is 0 Å². The van der Waals surface area contributed by atoms with Crippen LogP contribution in [0.15, 0.2) is 54.6 Å². The normalized spacial score (nSPS) is 27.6. The van der Waals surface area contributed by atoms with E-state index >= 15 is 0 Å². The molecule has 4 fully saturated rings. The Bertz CT molecular complexity index is 1190. The highest BCUT2D eigenvalue weighted by atomic mass is 16.5. The highest BCUT2D eigenvalue weighted by molar-refractivity contribution is 5.96. The van der Waals surface area contributed by atoms with Crippen molar-refractivity contribution in [1.82, 2.24) is 0 Å². The topological polar surface area (TPSA) is 35.5 Å². The number of hydrogen-bond donors (Lipinski definition) is 0. The van der Waals surface area contributed by atoms with Crippen molar-refractivity contribution in [2.75, 3.05) is 13.7 Å². The lowest BCUT2D eigenvalue weighted by molar-refractivity contribution is -0.00613. The average Bonchev–Trinajstić information content (AvgIpc) is 2.82. The molecule has 7 rings (SSSR count). The van der Waals surface area contributed by atoms with Crippen LogP contribution >= 0.6 is 0 Å². The molecule has 3 heteroatoms. The summed E-state index contributed by atoms with van der Waals surface area (Å²) in [5.41, 5.74) is 4.78. The van der Waals surface area contributed by atoms with E-state index in [0.29, 0.717) is 17.6 Å². The van der Waals surface area contributed by atoms with Gasteiger partial charge in [-0.15, -0.1) is 0 Å². The molecule has 0 atom stereocenters. The second kappa shape index (κ2) is 7.90. The van der Waals surface area contributed by atoms with Gasteiger partial charge in [0.05, 0.1) is 19.3 Å². The second-order valence-electron chi connectivity index (χ2n) is 10.6. The first-order chi connectivity index (χ1) is 16.1. The first kappa shape index (κ1) is 20.8. The van der Waals surface area contributed by atoms with Crippen LogP contribution < -0.4 is 4.74 Å². The third kappa shape index (κ3) is 3.53. The van der Waals surface area contributed by atoms with Crippen molar-refractivity contribution in [3.05, 3.63) is 65.7 Å². The Labute approximate surface area is 196 Å². The zero-order valence-corrected chi connectivity index (χ0v) is 19.6. The molecular weight excluding hydrogens is 408 g/mol. The SMILES string of the molecule is CCOC(=O)c1ccc2cc(-c3ccc(OC)c(C45CC6CC(CC(C6)C4)C5)c3)ccc2c1. The van der Waals surface area contributed by atoms with Crippen molar-refractivity contribution >= 4 is 16.7 Å². The third-order valence-electron chi connectivity index (χ3n) is 8.49. The van der Waals surface area contributed by atoms with Gasteiger partial charge in [-0.2, -0.15) is 0 Å². The summed E-state index contributed by atoms with van der Waals surface area (Å²) in [7, 11) is 1.82. The van der Waals surface area contributed by atoms with Gasteiger partial charge in [0.25, 0.3) is 0 Å². The lowest BCUT2D eigenvalue weighted by Gasteiger charge is -2.57. The van der Waals surface area contributed by atoms with Gasteiger partial charge >= 0.3 is 5.97 Å². The fraction of sp³-hybridized carbons (Fsp3) is 0.433. The van der Waals surface area contributed by atoms with E-state index in [4.69, 9.17) is 9.47 Å². The van der Waals surface area contributed by atoms with Gasteiger partial charge in [0.1, 0.15) is 5.75 Å². The number of fused-ring (bicyclic) bond motifs is 1. The Balaban J connectivity index is 1.38. The van der Waals surface area contributed by atoms with Crippen molar-refractivity contribution in [1.29, 1.82) is 0 Å². The summed E-state index contributed by atoms with van der Waals surface area (Å²) in [5.74, 6) is 3.50. The Morgan fingerprint density at radius 1 is 0.848 bits per heavy atom. The molecule has 0 aliphatic heterocycles. The largest absolute Gasteiger partial charge is 0.496 e. The summed E-state index contributed by atoms with van der Waals surface area (Å²) >= 11 is 0. The van der Waals surface area contributed by atoms with E-state index in [1.807, 2.05) is 32.2 Å². The molecular formula is C30H32O3. The standard InChI is InChI=1S/C30H32O3/c1-3-33-29(31)26-7-6-22-13-23(4-5-24(22)14-26)25-8-9-28(32-2)27(15-25)30-16-19-10-20(17-30)12-21(11-19)18-30/h4-9,13-15,19-21H,3,10-12,16-18H2,1-2H3. The maximum absolute atomic E-state index is 12.1. The van der Waals surface area contributed by atoms with Crippen LogP contribution in [0.5, 0.6) is 5.75 Å². The number of esters is 1. The number of methoxy groups -OCH3 is 1. The van der Waals surface area contributed by atoms with Crippen LogP contribution in [-0.4, -0.2) is 19.7 Å². The zero-order valence-electron chi connectivity index (χ0n) is 19.6. The van der Waals surface area contributed by atoms with Crippen LogP contribution in [0.2, 0.25) is 0 Å². The predicted octanol–water partition coefficient (Wildman–Crippen LogP) is 7.16. The summed E-state index contributed by atoms with van der Waals surface area (Å²) in [6, 6.07) is 19.1. The first-order valence-corrected chi connectivity index (χ1v) is 12.5. The molecule has 3 aromatic rings. The van der Waals surface area contributed by atoms with Gasteiger partial charge in [0, 0.05) is 5.56 Å². The van der Waals surface area contributed by atoms with Crippen LogP contribution in [0.1, 0.15) is 61.4 Å². The molecule has 170 valence electrons. The molecule has 33 heavy (non-hydrogen) atoms. The fourth-order valence-corrected chi connectivity index (χ4v) is 7.51. The molecule has 0 spiro atoms. The molecule has 0 N–H and O–H groups in total. The van der Waals surface area contributed by atoms with Crippen LogP contribution in [0.3, 0.4) is 0 Å². The van der Waals surface area contributed by atoms with Gasteiger partial charge < -0.3 is 9.47 Å². The molecule has 4 aliphatic rings. The third-order valence-corrected chi connectivity index (χ3v) is 8.49. The number of carbonyl (C=O) groups is 1. The van der Waals surface area contributed by atoms with Crippen molar-refractivity contribution in [2.45, 2.75) is 50.9 Å². The maximum atomic E-state index is 12.1. The predicted molar refractivity (Wildman–Crippen MR) is 132 cm³/mol. The van der Waals surface area contributed by atoms with E-state index in [1.54, 1.807) is 0 Å². The molecule has 0 saturated heterocycles. The van der Waals surface area contributed by atoms with Gasteiger partial charge in [-0.25, -0.2) is 4.79 Å². The monoisotopic (exact) mass is 440 g/mol. The molecule has 3 aromatic carbocycles. The van der Waals surface area contributed by atoms with E-state index in [-0.39, 0.29) is 5.97 Å². The van der Waals surface area contributed by atoms with E-state index in [1.165, 1.54) is 55.2 Å². The molecule has 0 heterocycles. The van der Waals surface area contributed by atoms with E-state index in [2.05, 4.69) is 36.4 Å². The second-order valence-corrected chi connectivity index (χ2v) is 10.6. The number of carbonyl (C=O) groups excluding carboxylic acids is 1. The number of benzene rings is 3. The Morgan fingerprint density at radius 2 is 1.45 bits per heavy atom. The summed E-state index contributed by atoms with van der Waals surface area (Å²) in [5, 5.41) is 2.19. The van der Waals surface area contributed by atoms with Crippen molar-refractivity contribution in [3.63, 3.8) is 0 Å². The quantitative estimate of drug-likeness (QED) is 0.395. The number of hydrogen-bond acceptors (Lipinski definition) is 3. The van der Waals surface area contributed by atoms with Crippen LogP contribution in [0, 0.1) is 17.8 Å². The minimum atomic E-state index is -0.265. The van der Waals surface area contributed by atoms with Gasteiger partial charge in [0.2, 0.25) is 0 Å². The molecule has 0 amide bonds. The van der Waals surface area contributed by atoms with Crippen LogP contribution in [0.25, 0.3) is 21.9 Å². The molecule has 0 radical (unpaired) electrons. The molecule has 3 nitrogen and oxygen atoms in total. The van der Waals surface area contributed by atoms with Gasteiger partial charge in [-0.05, 0) is 121 Å². The molecule has 4 aliphatic carbocycles. The summed E-state index contributed by atoms with van der Waals surface area (Å²) in [6.07, 6.45) is 8.31. The highest BCUT2D eigenvalue weighted by Gasteiger charge is 2.52. The smallest absolute Gasteiger partial charge is 0.338 e. The number of rotatable bonds is 5. The van der Waals surface area contributed by atoms with Gasteiger partial charge in [-0.1, -0.05) is 24.3 Å². The molecule has 4 bridgehead atoms. The Morgan fingerprint density at radius 3 is 2.12 bits per heavy atom. The average molecular weight is 441 g/mol. The maximum Gasteiger partial charge on any atom is 0.338 e.